The van der Waals surface area contributed by atoms with Gasteiger partial charge in [-0.25, -0.2) is 0 Å². The number of carbonyl (C=O) groups excluding carboxylic acids is 1. The van der Waals surface area contributed by atoms with Crippen molar-refractivity contribution in [2.75, 3.05) is 13.6 Å². The Kier molecular flexibility index (Phi) is 7.39. The molecule has 16 heavy (non-hydrogen) atoms. The van der Waals surface area contributed by atoms with Crippen LogP contribution in [0, 0.1) is 5.92 Å². The molecule has 3 heteroatoms. The van der Waals surface area contributed by atoms with E-state index in [0.717, 1.165) is 13.0 Å². The van der Waals surface area contributed by atoms with Crippen molar-refractivity contribution in [2.24, 2.45) is 5.92 Å². The Morgan fingerprint density at radius 2 is 1.75 bits per heavy atom. The zero-order valence-corrected chi connectivity index (χ0v) is 11.7. The van der Waals surface area contributed by atoms with Gasteiger partial charge in [-0.1, -0.05) is 27.7 Å². The van der Waals surface area contributed by atoms with Crippen molar-refractivity contribution in [2.45, 2.75) is 59.5 Å². The molecule has 0 aliphatic carbocycles. The second-order valence-corrected chi connectivity index (χ2v) is 5.34. The van der Waals surface area contributed by atoms with Gasteiger partial charge in [0.25, 0.3) is 0 Å². The van der Waals surface area contributed by atoms with Crippen LogP contribution in [0.5, 0.6) is 0 Å². The molecule has 0 aromatic heterocycles. The second kappa shape index (κ2) is 7.66. The number of amides is 1. The Morgan fingerprint density at radius 3 is 2.19 bits per heavy atom. The fourth-order valence-corrected chi connectivity index (χ4v) is 1.73. The SMILES string of the molecule is CC(C)CC(C)N(C)C(=O)CCNC(C)C. The molecule has 0 radical (unpaired) electrons. The summed E-state index contributed by atoms with van der Waals surface area (Å²) < 4.78 is 0. The molecule has 0 aliphatic heterocycles. The van der Waals surface area contributed by atoms with Crippen molar-refractivity contribution in [3.8, 4) is 0 Å². The van der Waals surface area contributed by atoms with Gasteiger partial charge in [-0.05, 0) is 19.3 Å². The first kappa shape index (κ1) is 15.4. The minimum absolute atomic E-state index is 0.237. The highest BCUT2D eigenvalue weighted by Crippen LogP contribution is 2.10. The van der Waals surface area contributed by atoms with E-state index in [1.165, 1.54) is 0 Å². The number of nitrogens with one attached hydrogen (secondary N) is 1. The van der Waals surface area contributed by atoms with Gasteiger partial charge in [0.2, 0.25) is 5.91 Å². The van der Waals surface area contributed by atoms with Crippen LogP contribution in [-0.2, 0) is 4.79 Å². The van der Waals surface area contributed by atoms with E-state index in [0.29, 0.717) is 24.4 Å². The van der Waals surface area contributed by atoms with Gasteiger partial charge in [0.1, 0.15) is 0 Å². The average Bonchev–Trinajstić information content (AvgIpc) is 2.14. The molecular formula is C13H28N2O. The van der Waals surface area contributed by atoms with E-state index in [4.69, 9.17) is 0 Å². The summed E-state index contributed by atoms with van der Waals surface area (Å²) in [4.78, 5) is 13.7. The van der Waals surface area contributed by atoms with E-state index in [2.05, 4.69) is 39.9 Å². The number of hydrogen-bond donors (Lipinski definition) is 1. The lowest BCUT2D eigenvalue weighted by Crippen LogP contribution is -2.38. The minimum Gasteiger partial charge on any atom is -0.343 e. The third-order valence-electron chi connectivity index (χ3n) is 2.76. The van der Waals surface area contributed by atoms with Crippen molar-refractivity contribution in [1.82, 2.24) is 10.2 Å². The quantitative estimate of drug-likeness (QED) is 0.725. The highest BCUT2D eigenvalue weighted by Gasteiger charge is 2.16. The summed E-state index contributed by atoms with van der Waals surface area (Å²) in [5.41, 5.74) is 0. The maximum absolute atomic E-state index is 11.8. The zero-order valence-electron chi connectivity index (χ0n) is 11.7. The number of hydrogen-bond acceptors (Lipinski definition) is 2. The Bertz CT molecular complexity index is 202. The summed E-state index contributed by atoms with van der Waals surface area (Å²) in [5, 5.41) is 3.26. The van der Waals surface area contributed by atoms with Gasteiger partial charge >= 0.3 is 0 Å². The van der Waals surface area contributed by atoms with E-state index in [1.807, 2.05) is 11.9 Å². The van der Waals surface area contributed by atoms with Crippen LogP contribution in [0.3, 0.4) is 0 Å². The smallest absolute Gasteiger partial charge is 0.223 e. The van der Waals surface area contributed by atoms with Crippen LogP contribution >= 0.6 is 0 Å². The summed E-state index contributed by atoms with van der Waals surface area (Å²) in [6, 6.07) is 0.790. The van der Waals surface area contributed by atoms with Gasteiger partial charge in [-0.3, -0.25) is 4.79 Å². The molecule has 1 atom stereocenters. The van der Waals surface area contributed by atoms with Gasteiger partial charge in [0, 0.05) is 32.1 Å². The van der Waals surface area contributed by atoms with Gasteiger partial charge in [-0.15, -0.1) is 0 Å². The summed E-state index contributed by atoms with van der Waals surface area (Å²) in [7, 11) is 1.91. The normalized spacial score (nSPS) is 13.2. The Balaban J connectivity index is 3.88. The Labute approximate surface area is 101 Å². The van der Waals surface area contributed by atoms with Crippen LogP contribution in [0.15, 0.2) is 0 Å². The second-order valence-electron chi connectivity index (χ2n) is 5.34. The molecule has 0 saturated carbocycles. The van der Waals surface area contributed by atoms with E-state index in [-0.39, 0.29) is 5.91 Å². The molecule has 3 nitrogen and oxygen atoms in total. The monoisotopic (exact) mass is 228 g/mol. The van der Waals surface area contributed by atoms with Crippen molar-refractivity contribution >= 4 is 5.91 Å². The lowest BCUT2D eigenvalue weighted by atomic mass is 10.0. The van der Waals surface area contributed by atoms with Crippen LogP contribution < -0.4 is 5.32 Å². The molecular weight excluding hydrogens is 200 g/mol. The van der Waals surface area contributed by atoms with Crippen LogP contribution in [0.1, 0.15) is 47.5 Å². The van der Waals surface area contributed by atoms with Crippen LogP contribution in [-0.4, -0.2) is 36.5 Å². The molecule has 0 saturated heterocycles. The first-order chi connectivity index (χ1) is 7.34. The summed E-state index contributed by atoms with van der Waals surface area (Å²) in [5.74, 6) is 0.875. The van der Waals surface area contributed by atoms with Crippen LogP contribution in [0.2, 0.25) is 0 Å². The zero-order chi connectivity index (χ0) is 12.7. The highest BCUT2D eigenvalue weighted by atomic mass is 16.2. The number of carbonyl (C=O) groups is 1. The van der Waals surface area contributed by atoms with Crippen molar-refractivity contribution in [1.29, 1.82) is 0 Å². The molecule has 1 unspecified atom stereocenters. The molecule has 1 amide bonds. The molecule has 0 rings (SSSR count). The summed E-state index contributed by atoms with van der Waals surface area (Å²) in [6.45, 7) is 11.5. The largest absolute Gasteiger partial charge is 0.343 e. The van der Waals surface area contributed by atoms with E-state index in [1.54, 1.807) is 0 Å². The third-order valence-corrected chi connectivity index (χ3v) is 2.76. The topological polar surface area (TPSA) is 32.3 Å². The average molecular weight is 228 g/mol. The van der Waals surface area contributed by atoms with Crippen molar-refractivity contribution in [3.63, 3.8) is 0 Å². The van der Waals surface area contributed by atoms with Gasteiger partial charge in [0.15, 0.2) is 0 Å². The maximum Gasteiger partial charge on any atom is 0.223 e. The molecule has 0 bridgehead atoms. The number of rotatable bonds is 7. The molecule has 0 aliphatic rings. The van der Waals surface area contributed by atoms with E-state index >= 15 is 0 Å². The Morgan fingerprint density at radius 1 is 1.19 bits per heavy atom. The minimum atomic E-state index is 0.237. The first-order valence-corrected chi connectivity index (χ1v) is 6.33. The number of nitrogens with zero attached hydrogens (tertiary/aromatic N) is 1. The van der Waals surface area contributed by atoms with Crippen molar-refractivity contribution in [3.05, 3.63) is 0 Å². The van der Waals surface area contributed by atoms with Crippen molar-refractivity contribution < 1.29 is 4.79 Å². The van der Waals surface area contributed by atoms with Gasteiger partial charge in [-0.2, -0.15) is 0 Å². The standard InChI is InChI=1S/C13H28N2O/c1-10(2)9-12(5)15(6)13(16)7-8-14-11(3)4/h10-12,14H,7-9H2,1-6H3. The summed E-state index contributed by atoms with van der Waals surface area (Å²) >= 11 is 0. The van der Waals surface area contributed by atoms with Gasteiger partial charge in [0.05, 0.1) is 0 Å². The molecule has 0 spiro atoms. The van der Waals surface area contributed by atoms with Crippen LogP contribution in [0.25, 0.3) is 0 Å². The lowest BCUT2D eigenvalue weighted by Gasteiger charge is -2.26. The molecule has 0 aromatic rings. The predicted octanol–water partition coefficient (Wildman–Crippen LogP) is 2.27. The fourth-order valence-electron chi connectivity index (χ4n) is 1.73. The third kappa shape index (κ3) is 6.83. The predicted molar refractivity (Wildman–Crippen MR) is 69.4 cm³/mol. The highest BCUT2D eigenvalue weighted by molar-refractivity contribution is 5.76. The molecule has 0 aromatic carbocycles. The van der Waals surface area contributed by atoms with E-state index < -0.39 is 0 Å². The molecule has 1 N–H and O–H groups in total. The molecule has 96 valence electrons. The first-order valence-electron chi connectivity index (χ1n) is 6.33. The van der Waals surface area contributed by atoms with E-state index in [9.17, 15) is 4.79 Å². The lowest BCUT2D eigenvalue weighted by molar-refractivity contribution is -0.131. The van der Waals surface area contributed by atoms with Crippen LogP contribution in [0.4, 0.5) is 0 Å². The Hall–Kier alpha value is -0.570. The van der Waals surface area contributed by atoms with Gasteiger partial charge < -0.3 is 10.2 Å². The molecule has 0 heterocycles. The fraction of sp³-hybridized carbons (Fsp3) is 0.923. The molecule has 0 fully saturated rings. The maximum atomic E-state index is 11.8. The summed E-state index contributed by atoms with van der Waals surface area (Å²) in [6.07, 6.45) is 1.66.